The molecule has 4 aromatic rings. The molecule has 2 aromatic heterocycles. The van der Waals surface area contributed by atoms with E-state index in [2.05, 4.69) is 71.2 Å². The molecule has 0 unspecified atom stereocenters. The van der Waals surface area contributed by atoms with Gasteiger partial charge in [-0.3, -0.25) is 9.88 Å². The summed E-state index contributed by atoms with van der Waals surface area (Å²) in [6.45, 7) is 6.46. The number of aromatic nitrogens is 2. The lowest BCUT2D eigenvalue weighted by Gasteiger charge is -2.26. The van der Waals surface area contributed by atoms with Gasteiger partial charge in [0.2, 0.25) is 0 Å². The van der Waals surface area contributed by atoms with Crippen LogP contribution in [0.5, 0.6) is 0 Å². The van der Waals surface area contributed by atoms with Gasteiger partial charge in [-0.1, -0.05) is 30.3 Å². The SMILES string of the molecule is Cc1cc(-c2cccnc2C)ccc1CN1CCC[C@@H]1c1ccc2scnc2c1. The van der Waals surface area contributed by atoms with Gasteiger partial charge in [-0.15, -0.1) is 11.3 Å². The summed E-state index contributed by atoms with van der Waals surface area (Å²) in [6, 6.07) is 18.3. The largest absolute Gasteiger partial charge is 0.292 e. The van der Waals surface area contributed by atoms with E-state index in [-0.39, 0.29) is 0 Å². The molecular weight excluding hydrogens is 374 g/mol. The van der Waals surface area contributed by atoms with E-state index in [4.69, 9.17) is 0 Å². The number of aryl methyl sites for hydroxylation is 2. The van der Waals surface area contributed by atoms with Crippen LogP contribution in [0.1, 0.15) is 41.3 Å². The first-order chi connectivity index (χ1) is 14.2. The second kappa shape index (κ2) is 7.69. The first-order valence-electron chi connectivity index (χ1n) is 10.3. The quantitative estimate of drug-likeness (QED) is 0.402. The summed E-state index contributed by atoms with van der Waals surface area (Å²) in [5.74, 6) is 0. The van der Waals surface area contributed by atoms with Crippen molar-refractivity contribution in [2.24, 2.45) is 0 Å². The molecule has 5 rings (SSSR count). The van der Waals surface area contributed by atoms with Crippen molar-refractivity contribution < 1.29 is 0 Å². The zero-order valence-corrected chi connectivity index (χ0v) is 17.7. The van der Waals surface area contributed by atoms with Crippen LogP contribution in [0.4, 0.5) is 0 Å². The van der Waals surface area contributed by atoms with Crippen molar-refractivity contribution in [1.29, 1.82) is 0 Å². The van der Waals surface area contributed by atoms with Gasteiger partial charge in [-0.25, -0.2) is 4.98 Å². The van der Waals surface area contributed by atoms with Gasteiger partial charge >= 0.3 is 0 Å². The van der Waals surface area contributed by atoms with Crippen molar-refractivity contribution in [1.82, 2.24) is 14.9 Å². The minimum Gasteiger partial charge on any atom is -0.292 e. The molecule has 0 spiro atoms. The fraction of sp³-hybridized carbons (Fsp3) is 0.280. The van der Waals surface area contributed by atoms with Crippen LogP contribution in [0.15, 0.2) is 60.2 Å². The third kappa shape index (κ3) is 3.59. The Morgan fingerprint density at radius 3 is 2.86 bits per heavy atom. The molecule has 1 aliphatic heterocycles. The highest BCUT2D eigenvalue weighted by molar-refractivity contribution is 7.16. The predicted molar refractivity (Wildman–Crippen MR) is 121 cm³/mol. The maximum atomic E-state index is 4.51. The first kappa shape index (κ1) is 18.5. The second-order valence-electron chi connectivity index (χ2n) is 7.99. The van der Waals surface area contributed by atoms with Crippen molar-refractivity contribution in [3.05, 3.63) is 82.6 Å². The molecule has 0 radical (unpaired) electrons. The van der Waals surface area contributed by atoms with E-state index in [1.165, 1.54) is 45.4 Å². The summed E-state index contributed by atoms with van der Waals surface area (Å²) in [5, 5.41) is 0. The fourth-order valence-corrected chi connectivity index (χ4v) is 5.18. The maximum Gasteiger partial charge on any atom is 0.0815 e. The zero-order valence-electron chi connectivity index (χ0n) is 16.9. The molecule has 1 saturated heterocycles. The topological polar surface area (TPSA) is 29.0 Å². The van der Waals surface area contributed by atoms with Crippen LogP contribution < -0.4 is 0 Å². The molecule has 2 aromatic carbocycles. The number of benzene rings is 2. The average Bonchev–Trinajstić information content (AvgIpc) is 3.38. The van der Waals surface area contributed by atoms with Gasteiger partial charge < -0.3 is 0 Å². The smallest absolute Gasteiger partial charge is 0.0815 e. The highest BCUT2D eigenvalue weighted by Crippen LogP contribution is 2.35. The summed E-state index contributed by atoms with van der Waals surface area (Å²) in [5.41, 5.74) is 10.8. The monoisotopic (exact) mass is 399 g/mol. The van der Waals surface area contributed by atoms with Crippen LogP contribution in [0.3, 0.4) is 0 Å². The molecule has 1 aliphatic rings. The van der Waals surface area contributed by atoms with Gasteiger partial charge in [-0.2, -0.15) is 0 Å². The molecular formula is C25H25N3S. The van der Waals surface area contributed by atoms with E-state index in [1.807, 2.05) is 17.8 Å². The van der Waals surface area contributed by atoms with Crippen molar-refractivity contribution in [3.63, 3.8) is 0 Å². The number of nitrogens with zero attached hydrogens (tertiary/aromatic N) is 3. The van der Waals surface area contributed by atoms with E-state index in [9.17, 15) is 0 Å². The molecule has 3 heterocycles. The molecule has 1 atom stereocenters. The fourth-order valence-electron chi connectivity index (χ4n) is 4.52. The number of likely N-dealkylation sites (tertiary alicyclic amines) is 1. The number of rotatable bonds is 4. The van der Waals surface area contributed by atoms with Gasteiger partial charge in [-0.05, 0) is 73.7 Å². The molecule has 0 aliphatic carbocycles. The van der Waals surface area contributed by atoms with E-state index in [1.54, 1.807) is 11.3 Å². The Morgan fingerprint density at radius 1 is 1.07 bits per heavy atom. The van der Waals surface area contributed by atoms with Crippen LogP contribution in [0.25, 0.3) is 21.3 Å². The molecule has 1 fully saturated rings. The Bertz CT molecular complexity index is 1160. The van der Waals surface area contributed by atoms with Gasteiger partial charge in [0.1, 0.15) is 0 Å². The van der Waals surface area contributed by atoms with Crippen molar-refractivity contribution in [2.75, 3.05) is 6.54 Å². The van der Waals surface area contributed by atoms with Crippen LogP contribution in [0, 0.1) is 13.8 Å². The van der Waals surface area contributed by atoms with Crippen LogP contribution in [0.2, 0.25) is 0 Å². The van der Waals surface area contributed by atoms with E-state index >= 15 is 0 Å². The predicted octanol–water partition coefficient (Wildman–Crippen LogP) is 6.31. The number of thiazole rings is 1. The number of hydrogen-bond donors (Lipinski definition) is 0. The Labute approximate surface area is 176 Å². The van der Waals surface area contributed by atoms with Crippen LogP contribution in [-0.2, 0) is 6.54 Å². The van der Waals surface area contributed by atoms with Gasteiger partial charge in [0, 0.05) is 30.0 Å². The Balaban J connectivity index is 1.39. The molecule has 0 bridgehead atoms. The van der Waals surface area contributed by atoms with E-state index in [0.717, 1.165) is 24.3 Å². The summed E-state index contributed by atoms with van der Waals surface area (Å²) in [4.78, 5) is 11.6. The standard InChI is InChI=1S/C25H25N3S/c1-17-13-19(22-5-3-11-26-18(22)2)7-8-21(17)15-28-12-4-6-24(28)20-9-10-25-23(14-20)27-16-29-25/h3,5,7-11,13-14,16,24H,4,6,12,15H2,1-2H3/t24-/m1/s1. The van der Waals surface area contributed by atoms with E-state index in [0.29, 0.717) is 6.04 Å². The molecule has 3 nitrogen and oxygen atoms in total. The van der Waals surface area contributed by atoms with Crippen LogP contribution >= 0.6 is 11.3 Å². The molecule has 146 valence electrons. The van der Waals surface area contributed by atoms with Gasteiger partial charge in [0.25, 0.3) is 0 Å². The number of hydrogen-bond acceptors (Lipinski definition) is 4. The summed E-state index contributed by atoms with van der Waals surface area (Å²) < 4.78 is 1.27. The first-order valence-corrected chi connectivity index (χ1v) is 11.2. The van der Waals surface area contributed by atoms with Crippen molar-refractivity contribution in [2.45, 2.75) is 39.3 Å². The molecule has 0 N–H and O–H groups in total. The number of fused-ring (bicyclic) bond motifs is 1. The lowest BCUT2D eigenvalue weighted by Crippen LogP contribution is -2.23. The Hall–Kier alpha value is -2.56. The van der Waals surface area contributed by atoms with E-state index < -0.39 is 0 Å². The molecule has 0 saturated carbocycles. The highest BCUT2D eigenvalue weighted by atomic mass is 32.1. The van der Waals surface area contributed by atoms with Gasteiger partial charge in [0.15, 0.2) is 0 Å². The third-order valence-electron chi connectivity index (χ3n) is 6.14. The zero-order chi connectivity index (χ0) is 19.8. The summed E-state index contributed by atoms with van der Waals surface area (Å²) in [6.07, 6.45) is 4.34. The van der Waals surface area contributed by atoms with Gasteiger partial charge in [0.05, 0.1) is 15.7 Å². The van der Waals surface area contributed by atoms with Crippen molar-refractivity contribution >= 4 is 21.6 Å². The normalized spacial score (nSPS) is 17.2. The summed E-state index contributed by atoms with van der Waals surface area (Å²) in [7, 11) is 0. The lowest BCUT2D eigenvalue weighted by atomic mass is 9.98. The summed E-state index contributed by atoms with van der Waals surface area (Å²) >= 11 is 1.72. The third-order valence-corrected chi connectivity index (χ3v) is 6.95. The minimum atomic E-state index is 0.487. The highest BCUT2D eigenvalue weighted by Gasteiger charge is 2.26. The molecule has 4 heteroatoms. The second-order valence-corrected chi connectivity index (χ2v) is 8.87. The minimum absolute atomic E-state index is 0.487. The molecule has 0 amide bonds. The van der Waals surface area contributed by atoms with Crippen LogP contribution in [-0.4, -0.2) is 21.4 Å². The maximum absolute atomic E-state index is 4.51. The Morgan fingerprint density at radius 2 is 2.00 bits per heavy atom. The lowest BCUT2D eigenvalue weighted by molar-refractivity contribution is 0.248. The number of pyridine rings is 1. The molecule has 29 heavy (non-hydrogen) atoms. The average molecular weight is 400 g/mol. The van der Waals surface area contributed by atoms with Crippen molar-refractivity contribution in [3.8, 4) is 11.1 Å². The Kier molecular flexibility index (Phi) is 4.90.